The van der Waals surface area contributed by atoms with Crippen LogP contribution in [0.5, 0.6) is 5.75 Å². The molecule has 0 aliphatic carbocycles. The van der Waals surface area contributed by atoms with E-state index in [1.807, 2.05) is 19.2 Å². The molecular formula is C20H25ClN4O4S. The molecule has 0 bridgehead atoms. The van der Waals surface area contributed by atoms with Gasteiger partial charge in [-0.2, -0.15) is 0 Å². The van der Waals surface area contributed by atoms with Gasteiger partial charge in [-0.1, -0.05) is 35.5 Å². The average molecular weight is 453 g/mol. The van der Waals surface area contributed by atoms with Crippen molar-refractivity contribution >= 4 is 35.2 Å². The molecule has 0 N–H and O–H groups in total. The standard InChI is InChI=1S/C20H25ClN4O4S/c1-3-28-19(27)14-7-6-10-25(11-14)18(26)13-30-20-23-22-17(24(20)2)12-29-16-9-5-4-8-15(16)21/h4-5,8-9,14H,3,6-7,10-13H2,1-2H3. The molecule has 1 unspecified atom stereocenters. The molecule has 1 aromatic carbocycles. The predicted molar refractivity (Wildman–Crippen MR) is 113 cm³/mol. The maximum atomic E-state index is 12.6. The first-order chi connectivity index (χ1) is 14.5. The number of amides is 1. The summed E-state index contributed by atoms with van der Waals surface area (Å²) in [4.78, 5) is 26.3. The van der Waals surface area contributed by atoms with Gasteiger partial charge in [-0.05, 0) is 31.9 Å². The summed E-state index contributed by atoms with van der Waals surface area (Å²) < 4.78 is 12.6. The highest BCUT2D eigenvalue weighted by Crippen LogP contribution is 2.25. The summed E-state index contributed by atoms with van der Waals surface area (Å²) in [5.41, 5.74) is 0. The van der Waals surface area contributed by atoms with Crippen LogP contribution in [0.2, 0.25) is 5.02 Å². The lowest BCUT2D eigenvalue weighted by atomic mass is 9.98. The highest BCUT2D eigenvalue weighted by atomic mass is 35.5. The van der Waals surface area contributed by atoms with E-state index in [1.165, 1.54) is 11.8 Å². The Bertz CT molecular complexity index is 891. The van der Waals surface area contributed by atoms with Crippen LogP contribution in [-0.4, -0.2) is 57.0 Å². The Morgan fingerprint density at radius 1 is 1.30 bits per heavy atom. The largest absolute Gasteiger partial charge is 0.484 e. The van der Waals surface area contributed by atoms with Crippen LogP contribution < -0.4 is 4.74 Å². The topological polar surface area (TPSA) is 86.6 Å². The Morgan fingerprint density at radius 2 is 2.10 bits per heavy atom. The number of ether oxygens (including phenoxy) is 2. The van der Waals surface area contributed by atoms with Gasteiger partial charge in [0.1, 0.15) is 12.4 Å². The van der Waals surface area contributed by atoms with Crippen LogP contribution in [0.25, 0.3) is 0 Å². The zero-order valence-corrected chi connectivity index (χ0v) is 18.6. The monoisotopic (exact) mass is 452 g/mol. The van der Waals surface area contributed by atoms with Crippen LogP contribution in [0.4, 0.5) is 0 Å². The number of nitrogens with zero attached hydrogens (tertiary/aromatic N) is 4. The van der Waals surface area contributed by atoms with Crippen molar-refractivity contribution in [3.8, 4) is 5.75 Å². The zero-order valence-electron chi connectivity index (χ0n) is 17.0. The molecule has 162 valence electrons. The molecule has 0 saturated carbocycles. The molecule has 1 amide bonds. The number of benzene rings is 1. The molecular weight excluding hydrogens is 428 g/mol. The lowest BCUT2D eigenvalue weighted by molar-refractivity contribution is -0.151. The third-order valence-electron chi connectivity index (χ3n) is 4.84. The molecule has 8 nitrogen and oxygen atoms in total. The number of rotatable bonds is 8. The minimum Gasteiger partial charge on any atom is -0.484 e. The van der Waals surface area contributed by atoms with Crippen molar-refractivity contribution in [2.24, 2.45) is 13.0 Å². The molecule has 1 atom stereocenters. The van der Waals surface area contributed by atoms with Crippen molar-refractivity contribution < 1.29 is 19.1 Å². The van der Waals surface area contributed by atoms with Gasteiger partial charge in [-0.15, -0.1) is 10.2 Å². The van der Waals surface area contributed by atoms with E-state index in [-0.39, 0.29) is 30.2 Å². The summed E-state index contributed by atoms with van der Waals surface area (Å²) in [6.45, 7) is 3.43. The highest BCUT2D eigenvalue weighted by Gasteiger charge is 2.29. The molecule has 1 fully saturated rings. The third kappa shape index (κ3) is 5.66. The zero-order chi connectivity index (χ0) is 21.5. The Morgan fingerprint density at radius 3 is 2.87 bits per heavy atom. The van der Waals surface area contributed by atoms with Gasteiger partial charge in [0.2, 0.25) is 5.91 Å². The number of aromatic nitrogens is 3. The van der Waals surface area contributed by atoms with Crippen LogP contribution in [0, 0.1) is 5.92 Å². The van der Waals surface area contributed by atoms with E-state index in [4.69, 9.17) is 21.1 Å². The van der Waals surface area contributed by atoms with Gasteiger partial charge in [-0.3, -0.25) is 9.59 Å². The van der Waals surface area contributed by atoms with Gasteiger partial charge in [0.05, 0.1) is 23.3 Å². The molecule has 1 aliphatic rings. The van der Waals surface area contributed by atoms with Crippen molar-refractivity contribution in [3.63, 3.8) is 0 Å². The summed E-state index contributed by atoms with van der Waals surface area (Å²) in [5, 5.41) is 9.45. The minimum absolute atomic E-state index is 0.0223. The van der Waals surface area contributed by atoms with E-state index in [2.05, 4.69) is 10.2 Å². The first-order valence-electron chi connectivity index (χ1n) is 9.82. The molecule has 1 aromatic heterocycles. The number of carbonyl (C=O) groups is 2. The van der Waals surface area contributed by atoms with Gasteiger partial charge in [-0.25, -0.2) is 0 Å². The number of para-hydroxylation sites is 1. The van der Waals surface area contributed by atoms with E-state index in [0.717, 1.165) is 12.8 Å². The first kappa shape index (κ1) is 22.4. The summed E-state index contributed by atoms with van der Waals surface area (Å²) in [6, 6.07) is 7.22. The number of hydrogen-bond acceptors (Lipinski definition) is 7. The highest BCUT2D eigenvalue weighted by molar-refractivity contribution is 7.99. The molecule has 1 saturated heterocycles. The minimum atomic E-state index is -0.240. The molecule has 0 spiro atoms. The van der Waals surface area contributed by atoms with Crippen molar-refractivity contribution in [2.45, 2.75) is 31.5 Å². The lowest BCUT2D eigenvalue weighted by Crippen LogP contribution is -2.43. The Hall–Kier alpha value is -2.26. The van der Waals surface area contributed by atoms with E-state index in [9.17, 15) is 9.59 Å². The molecule has 10 heteroatoms. The normalized spacial score (nSPS) is 16.4. The Kier molecular flexibility index (Phi) is 7.98. The second-order valence-corrected chi connectivity index (χ2v) is 8.25. The van der Waals surface area contributed by atoms with E-state index in [0.29, 0.717) is 41.4 Å². The van der Waals surface area contributed by atoms with Crippen LogP contribution in [0.3, 0.4) is 0 Å². The molecule has 3 rings (SSSR count). The second-order valence-electron chi connectivity index (χ2n) is 6.90. The average Bonchev–Trinajstić information content (AvgIpc) is 3.11. The summed E-state index contributed by atoms with van der Waals surface area (Å²) >= 11 is 7.41. The van der Waals surface area contributed by atoms with Crippen molar-refractivity contribution in [1.82, 2.24) is 19.7 Å². The van der Waals surface area contributed by atoms with Gasteiger partial charge in [0.15, 0.2) is 11.0 Å². The number of piperidine rings is 1. The number of likely N-dealkylation sites (tertiary alicyclic amines) is 1. The molecule has 2 aromatic rings. The molecule has 0 radical (unpaired) electrons. The van der Waals surface area contributed by atoms with Crippen molar-refractivity contribution in [1.29, 1.82) is 0 Å². The van der Waals surface area contributed by atoms with Gasteiger partial charge in [0, 0.05) is 20.1 Å². The molecule has 2 heterocycles. The summed E-state index contributed by atoms with van der Waals surface area (Å²) in [5.74, 6) is 0.950. The van der Waals surface area contributed by atoms with Crippen molar-refractivity contribution in [2.75, 3.05) is 25.4 Å². The number of halogens is 1. The van der Waals surface area contributed by atoms with E-state index < -0.39 is 0 Å². The van der Waals surface area contributed by atoms with E-state index in [1.54, 1.807) is 28.5 Å². The SMILES string of the molecule is CCOC(=O)C1CCCN(C(=O)CSc2nnc(COc3ccccc3Cl)n2C)C1. The molecule has 30 heavy (non-hydrogen) atoms. The summed E-state index contributed by atoms with van der Waals surface area (Å²) in [7, 11) is 1.83. The second kappa shape index (κ2) is 10.7. The lowest BCUT2D eigenvalue weighted by Gasteiger charge is -2.31. The number of thioether (sulfide) groups is 1. The maximum Gasteiger partial charge on any atom is 0.310 e. The quantitative estimate of drug-likeness (QED) is 0.449. The number of carbonyl (C=O) groups excluding carboxylic acids is 2. The first-order valence-corrected chi connectivity index (χ1v) is 11.2. The van der Waals surface area contributed by atoms with Crippen LogP contribution in [0.15, 0.2) is 29.4 Å². The van der Waals surface area contributed by atoms with Gasteiger partial charge >= 0.3 is 5.97 Å². The van der Waals surface area contributed by atoms with Gasteiger partial charge in [0.25, 0.3) is 0 Å². The molecule has 1 aliphatic heterocycles. The fourth-order valence-electron chi connectivity index (χ4n) is 3.17. The Labute approximate surface area is 184 Å². The maximum absolute atomic E-state index is 12.6. The Balaban J connectivity index is 1.51. The number of hydrogen-bond donors (Lipinski definition) is 0. The van der Waals surface area contributed by atoms with Crippen LogP contribution in [-0.2, 0) is 28.0 Å². The number of esters is 1. The fraction of sp³-hybridized carbons (Fsp3) is 0.500. The van der Waals surface area contributed by atoms with E-state index >= 15 is 0 Å². The summed E-state index contributed by atoms with van der Waals surface area (Å²) in [6.07, 6.45) is 1.56. The smallest absolute Gasteiger partial charge is 0.310 e. The fourth-order valence-corrected chi connectivity index (χ4v) is 4.20. The predicted octanol–water partition coefficient (Wildman–Crippen LogP) is 2.94. The third-order valence-corrected chi connectivity index (χ3v) is 6.15. The van der Waals surface area contributed by atoms with Crippen LogP contribution >= 0.6 is 23.4 Å². The van der Waals surface area contributed by atoms with Gasteiger partial charge < -0.3 is 18.9 Å². The van der Waals surface area contributed by atoms with Crippen LogP contribution in [0.1, 0.15) is 25.6 Å². The van der Waals surface area contributed by atoms with Crippen molar-refractivity contribution in [3.05, 3.63) is 35.1 Å².